The molecule has 0 aromatic carbocycles. The number of carbonyl (C=O) groups is 1. The average Bonchev–Trinajstić information content (AvgIpc) is 2.05. The molecule has 1 nitrogen and oxygen atoms in total. The van der Waals surface area contributed by atoms with E-state index in [9.17, 15) is 4.79 Å². The monoisotopic (exact) mass is 152 g/mol. The highest BCUT2D eigenvalue weighted by Crippen LogP contribution is 2.26. The van der Waals surface area contributed by atoms with Gasteiger partial charge in [0.05, 0.1) is 0 Å². The number of hydrogen-bond acceptors (Lipinski definition) is 1. The number of ketones is 1. The minimum atomic E-state index is 0.304. The largest absolute Gasteiger partial charge is 0.295 e. The van der Waals surface area contributed by atoms with Crippen LogP contribution in [0.1, 0.15) is 33.6 Å². The Morgan fingerprint density at radius 2 is 2.09 bits per heavy atom. The Hall–Kier alpha value is -0.590. The van der Waals surface area contributed by atoms with Crippen molar-refractivity contribution in [3.8, 4) is 0 Å². The summed E-state index contributed by atoms with van der Waals surface area (Å²) in [5, 5.41) is 0. The van der Waals surface area contributed by atoms with Crippen LogP contribution in [0.5, 0.6) is 0 Å². The zero-order chi connectivity index (χ0) is 8.43. The van der Waals surface area contributed by atoms with Gasteiger partial charge in [0.2, 0.25) is 0 Å². The lowest BCUT2D eigenvalue weighted by Gasteiger charge is -2.16. The van der Waals surface area contributed by atoms with Crippen LogP contribution in [0.4, 0.5) is 0 Å². The van der Waals surface area contributed by atoms with E-state index in [0.717, 1.165) is 12.8 Å². The van der Waals surface area contributed by atoms with Crippen molar-refractivity contribution in [3.05, 3.63) is 11.6 Å². The molecule has 2 unspecified atom stereocenters. The first-order valence-electron chi connectivity index (χ1n) is 4.32. The van der Waals surface area contributed by atoms with Crippen molar-refractivity contribution in [2.75, 3.05) is 0 Å². The van der Waals surface area contributed by atoms with Crippen LogP contribution >= 0.6 is 0 Å². The average molecular weight is 152 g/mol. The fraction of sp³-hybridized carbons (Fsp3) is 0.700. The first kappa shape index (κ1) is 8.51. The van der Waals surface area contributed by atoms with E-state index in [1.165, 1.54) is 5.57 Å². The molecule has 1 heteroatoms. The predicted octanol–water partition coefficient (Wildman–Crippen LogP) is 2.57. The van der Waals surface area contributed by atoms with E-state index in [4.69, 9.17) is 0 Å². The molecule has 0 radical (unpaired) electrons. The fourth-order valence-corrected chi connectivity index (χ4v) is 1.53. The summed E-state index contributed by atoms with van der Waals surface area (Å²) in [4.78, 5) is 11.1. The van der Waals surface area contributed by atoms with E-state index in [0.29, 0.717) is 17.6 Å². The van der Waals surface area contributed by atoms with Crippen LogP contribution in [0, 0.1) is 11.8 Å². The molecular weight excluding hydrogens is 136 g/mol. The van der Waals surface area contributed by atoms with Crippen molar-refractivity contribution in [3.63, 3.8) is 0 Å². The van der Waals surface area contributed by atoms with Crippen LogP contribution in [0.25, 0.3) is 0 Å². The molecule has 1 aliphatic carbocycles. The Kier molecular flexibility index (Phi) is 2.48. The molecule has 0 aromatic rings. The third-order valence-corrected chi connectivity index (χ3v) is 2.81. The molecule has 0 saturated heterocycles. The first-order valence-corrected chi connectivity index (χ1v) is 4.32. The van der Waals surface area contributed by atoms with E-state index in [1.807, 2.05) is 6.08 Å². The van der Waals surface area contributed by atoms with Gasteiger partial charge in [0.15, 0.2) is 5.78 Å². The molecule has 0 bridgehead atoms. The molecule has 0 aliphatic heterocycles. The maximum Gasteiger partial charge on any atom is 0.155 e. The van der Waals surface area contributed by atoms with Gasteiger partial charge in [-0.25, -0.2) is 0 Å². The Morgan fingerprint density at radius 1 is 1.45 bits per heavy atom. The highest BCUT2D eigenvalue weighted by atomic mass is 16.1. The zero-order valence-corrected chi connectivity index (χ0v) is 7.55. The van der Waals surface area contributed by atoms with Gasteiger partial charge in [0.1, 0.15) is 0 Å². The number of hydrogen-bond donors (Lipinski definition) is 0. The Bertz CT molecular complexity index is 191. The van der Waals surface area contributed by atoms with Crippen LogP contribution in [-0.4, -0.2) is 5.78 Å². The second-order valence-electron chi connectivity index (χ2n) is 3.66. The molecule has 0 N–H and O–H groups in total. The Morgan fingerprint density at radius 3 is 2.73 bits per heavy atom. The van der Waals surface area contributed by atoms with Crippen molar-refractivity contribution >= 4 is 5.78 Å². The van der Waals surface area contributed by atoms with Gasteiger partial charge in [-0.15, -0.1) is 0 Å². The Labute approximate surface area is 68.5 Å². The molecular formula is C10H16O. The van der Waals surface area contributed by atoms with Crippen molar-refractivity contribution in [2.45, 2.75) is 33.6 Å². The third-order valence-electron chi connectivity index (χ3n) is 2.81. The zero-order valence-electron chi connectivity index (χ0n) is 7.55. The summed E-state index contributed by atoms with van der Waals surface area (Å²) in [6.45, 7) is 6.49. The van der Waals surface area contributed by atoms with Crippen molar-refractivity contribution in [1.82, 2.24) is 0 Å². The van der Waals surface area contributed by atoms with E-state index in [-0.39, 0.29) is 0 Å². The lowest BCUT2D eigenvalue weighted by molar-refractivity contribution is -0.114. The molecule has 0 aromatic heterocycles. The van der Waals surface area contributed by atoms with Crippen molar-refractivity contribution < 1.29 is 4.79 Å². The van der Waals surface area contributed by atoms with Crippen molar-refractivity contribution in [1.29, 1.82) is 0 Å². The third kappa shape index (κ3) is 1.92. The van der Waals surface area contributed by atoms with Gasteiger partial charge in [0.25, 0.3) is 0 Å². The molecule has 1 aliphatic rings. The van der Waals surface area contributed by atoms with Gasteiger partial charge in [0, 0.05) is 6.42 Å². The van der Waals surface area contributed by atoms with Gasteiger partial charge in [-0.2, -0.15) is 0 Å². The summed E-state index contributed by atoms with van der Waals surface area (Å²) in [6, 6.07) is 0. The highest BCUT2D eigenvalue weighted by molar-refractivity contribution is 5.90. The summed E-state index contributed by atoms with van der Waals surface area (Å²) in [5.41, 5.74) is 1.25. The van der Waals surface area contributed by atoms with Crippen LogP contribution in [0.2, 0.25) is 0 Å². The van der Waals surface area contributed by atoms with Crippen LogP contribution in [0.15, 0.2) is 11.6 Å². The smallest absolute Gasteiger partial charge is 0.155 e. The molecule has 62 valence electrons. The lowest BCUT2D eigenvalue weighted by Crippen LogP contribution is -2.06. The van der Waals surface area contributed by atoms with Gasteiger partial charge < -0.3 is 0 Å². The van der Waals surface area contributed by atoms with Gasteiger partial charge in [-0.05, 0) is 31.3 Å². The molecule has 0 amide bonds. The van der Waals surface area contributed by atoms with Crippen LogP contribution in [-0.2, 0) is 4.79 Å². The summed E-state index contributed by atoms with van der Waals surface area (Å²) in [5.74, 6) is 1.55. The summed E-state index contributed by atoms with van der Waals surface area (Å²) < 4.78 is 0. The minimum Gasteiger partial charge on any atom is -0.295 e. The standard InChI is InChI=1S/C10H16O/c1-7-4-5-10(11)6-8(2)9(7)3/h6-7,9H,4-5H2,1-3H3. The maximum absolute atomic E-state index is 11.1. The number of carbonyl (C=O) groups excluding carboxylic acids is 1. The van der Waals surface area contributed by atoms with E-state index < -0.39 is 0 Å². The summed E-state index contributed by atoms with van der Waals surface area (Å²) >= 11 is 0. The molecule has 2 atom stereocenters. The fourth-order valence-electron chi connectivity index (χ4n) is 1.53. The van der Waals surface area contributed by atoms with Crippen molar-refractivity contribution in [2.24, 2.45) is 11.8 Å². The lowest BCUT2D eigenvalue weighted by atomic mass is 9.89. The topological polar surface area (TPSA) is 17.1 Å². The molecule has 11 heavy (non-hydrogen) atoms. The Balaban J connectivity index is 2.79. The molecule has 0 saturated carbocycles. The highest BCUT2D eigenvalue weighted by Gasteiger charge is 2.18. The van der Waals surface area contributed by atoms with Gasteiger partial charge >= 0.3 is 0 Å². The van der Waals surface area contributed by atoms with Gasteiger partial charge in [-0.1, -0.05) is 19.4 Å². The SMILES string of the molecule is CC1=CC(=O)CCC(C)C1C. The summed E-state index contributed by atoms with van der Waals surface area (Å²) in [7, 11) is 0. The number of rotatable bonds is 0. The predicted molar refractivity (Wildman–Crippen MR) is 46.3 cm³/mol. The molecule has 0 spiro atoms. The van der Waals surface area contributed by atoms with Gasteiger partial charge in [-0.3, -0.25) is 4.79 Å². The maximum atomic E-state index is 11.1. The second kappa shape index (κ2) is 3.21. The molecule has 0 fully saturated rings. The summed E-state index contributed by atoms with van der Waals surface area (Å²) in [6.07, 6.45) is 3.60. The molecule has 1 rings (SSSR count). The van der Waals surface area contributed by atoms with Crippen LogP contribution < -0.4 is 0 Å². The van der Waals surface area contributed by atoms with E-state index >= 15 is 0 Å². The molecule has 0 heterocycles. The van der Waals surface area contributed by atoms with E-state index in [1.54, 1.807) is 0 Å². The first-order chi connectivity index (χ1) is 5.11. The normalized spacial score (nSPS) is 33.0. The number of allylic oxidation sites excluding steroid dienone is 2. The second-order valence-corrected chi connectivity index (χ2v) is 3.66. The quantitative estimate of drug-likeness (QED) is 0.521. The van der Waals surface area contributed by atoms with Crippen LogP contribution in [0.3, 0.4) is 0 Å². The van der Waals surface area contributed by atoms with E-state index in [2.05, 4.69) is 20.8 Å². The minimum absolute atomic E-state index is 0.304.